The Labute approximate surface area is 171 Å². The minimum absolute atomic E-state index is 0.121. The summed E-state index contributed by atoms with van der Waals surface area (Å²) < 4.78 is 42.3. The molecule has 1 heterocycles. The number of carbonyl (C=O) groups excluding carboxylic acids is 2. The third kappa shape index (κ3) is 5.75. The predicted octanol–water partition coefficient (Wildman–Crippen LogP) is -1.65. The molecule has 0 radical (unpaired) electrons. The van der Waals surface area contributed by atoms with Crippen molar-refractivity contribution in [2.24, 2.45) is 0 Å². The van der Waals surface area contributed by atoms with E-state index in [0.717, 1.165) is 13.0 Å². The summed E-state index contributed by atoms with van der Waals surface area (Å²) in [6, 6.07) is 4.38. The zero-order valence-electron chi connectivity index (χ0n) is 15.7. The number of amides is 2. The summed E-state index contributed by atoms with van der Waals surface area (Å²) >= 11 is 0. The third-order valence-electron chi connectivity index (χ3n) is 4.15. The van der Waals surface area contributed by atoms with Gasteiger partial charge < -0.3 is 35.4 Å². The molecule has 2 amide bonds. The Kier molecular flexibility index (Phi) is 7.52. The smallest absolute Gasteiger partial charge is 0.294 e. The molecule has 1 aliphatic heterocycles. The average molecular weight is 446 g/mol. The molecule has 166 valence electrons. The van der Waals surface area contributed by atoms with Crippen molar-refractivity contribution in [3.63, 3.8) is 0 Å². The first kappa shape index (κ1) is 23.7. The lowest BCUT2D eigenvalue weighted by Crippen LogP contribution is -2.67. The van der Waals surface area contributed by atoms with E-state index in [-0.39, 0.29) is 5.75 Å². The molecule has 0 aromatic heterocycles. The van der Waals surface area contributed by atoms with Crippen molar-refractivity contribution in [2.45, 2.75) is 43.0 Å². The van der Waals surface area contributed by atoms with Gasteiger partial charge in [0.2, 0.25) is 23.5 Å². The fraction of sp³-hybridized carbons (Fsp3) is 0.412. The zero-order chi connectivity index (χ0) is 22.6. The Morgan fingerprint density at radius 3 is 2.33 bits per heavy atom. The Balaban J connectivity index is 2.26. The van der Waals surface area contributed by atoms with Crippen molar-refractivity contribution in [2.75, 3.05) is 5.32 Å². The van der Waals surface area contributed by atoms with E-state index in [9.17, 15) is 33.3 Å². The second-order valence-electron chi connectivity index (χ2n) is 6.42. The Morgan fingerprint density at radius 2 is 1.83 bits per heavy atom. The number of hydrogen-bond acceptors (Lipinski definition) is 9. The van der Waals surface area contributed by atoms with Crippen LogP contribution in [-0.2, 0) is 24.4 Å². The van der Waals surface area contributed by atoms with E-state index in [1.807, 2.05) is 0 Å². The minimum atomic E-state index is -5.05. The number of rotatable bonds is 7. The molecule has 1 fully saturated rings. The highest BCUT2D eigenvalue weighted by atomic mass is 32.2. The molecule has 30 heavy (non-hydrogen) atoms. The van der Waals surface area contributed by atoms with Crippen LogP contribution < -0.4 is 15.4 Å². The van der Waals surface area contributed by atoms with Crippen LogP contribution >= 0.6 is 0 Å². The quantitative estimate of drug-likeness (QED) is 0.209. The number of nitrogens with one attached hydrogen (secondary N) is 2. The van der Waals surface area contributed by atoms with Crippen molar-refractivity contribution in [1.82, 2.24) is 5.32 Å². The highest BCUT2D eigenvalue weighted by Gasteiger charge is 2.51. The van der Waals surface area contributed by atoms with Crippen LogP contribution in [0, 0.1) is 0 Å². The maximum absolute atomic E-state index is 11.5. The first-order valence-corrected chi connectivity index (χ1v) is 10.1. The normalized spacial score (nSPS) is 27.6. The lowest BCUT2D eigenvalue weighted by Gasteiger charge is -2.43. The van der Waals surface area contributed by atoms with Gasteiger partial charge in [0.25, 0.3) is 10.1 Å². The van der Waals surface area contributed by atoms with Crippen molar-refractivity contribution >= 4 is 27.6 Å². The monoisotopic (exact) mass is 446 g/mol. The molecule has 1 aromatic carbocycles. The second kappa shape index (κ2) is 9.51. The van der Waals surface area contributed by atoms with E-state index in [1.165, 1.54) is 24.3 Å². The maximum atomic E-state index is 11.5. The van der Waals surface area contributed by atoms with Gasteiger partial charge >= 0.3 is 0 Å². The Hall–Kier alpha value is -2.55. The average Bonchev–Trinajstić information content (AvgIpc) is 2.67. The summed E-state index contributed by atoms with van der Waals surface area (Å²) in [5, 5.41) is 35.0. The van der Waals surface area contributed by atoms with Gasteiger partial charge in [-0.05, 0) is 30.3 Å². The van der Waals surface area contributed by atoms with E-state index >= 15 is 0 Å². The van der Waals surface area contributed by atoms with Crippen LogP contribution in [0.15, 0.2) is 36.9 Å². The van der Waals surface area contributed by atoms with E-state index in [2.05, 4.69) is 17.2 Å². The summed E-state index contributed by atoms with van der Waals surface area (Å²) in [5.74, 6) is -0.931. The molecule has 1 unspecified atom stereocenters. The third-order valence-corrected chi connectivity index (χ3v) is 5.03. The predicted molar refractivity (Wildman–Crippen MR) is 102 cm³/mol. The molecule has 1 aromatic rings. The summed E-state index contributed by atoms with van der Waals surface area (Å²) in [4.78, 5) is 22.8. The summed E-state index contributed by atoms with van der Waals surface area (Å²) in [5.41, 5.74) is -2.17. The lowest BCUT2D eigenvalue weighted by atomic mass is 9.96. The van der Waals surface area contributed by atoms with Gasteiger partial charge in [0.1, 0.15) is 30.1 Å². The topological polar surface area (TPSA) is 192 Å². The summed E-state index contributed by atoms with van der Waals surface area (Å²) in [7, 11) is -5.05. The molecule has 6 N–H and O–H groups in total. The number of anilines is 1. The Morgan fingerprint density at radius 1 is 1.23 bits per heavy atom. The first-order chi connectivity index (χ1) is 13.9. The van der Waals surface area contributed by atoms with Crippen LogP contribution in [0.3, 0.4) is 0 Å². The van der Waals surface area contributed by atoms with Gasteiger partial charge in [-0.1, -0.05) is 6.58 Å². The number of aliphatic hydroxyl groups is 3. The van der Waals surface area contributed by atoms with Gasteiger partial charge in [0.15, 0.2) is 0 Å². The second-order valence-corrected chi connectivity index (χ2v) is 7.93. The van der Waals surface area contributed by atoms with E-state index < -0.39 is 58.0 Å². The van der Waals surface area contributed by atoms with Crippen molar-refractivity contribution < 1.29 is 47.4 Å². The van der Waals surface area contributed by atoms with Crippen LogP contribution in [0.2, 0.25) is 0 Å². The SMILES string of the molecule is C=CC(=O)Nc1ccc(O[C@@H]2O[C@H](C(O)S(=O)(=O)O)[C@@H](O)[C@H](O)[C@H]2NC(C)=O)cc1. The number of aliphatic hydroxyl groups excluding tert-OH is 3. The van der Waals surface area contributed by atoms with Gasteiger partial charge in [-0.2, -0.15) is 8.42 Å². The van der Waals surface area contributed by atoms with Crippen LogP contribution in [0.1, 0.15) is 6.92 Å². The summed E-state index contributed by atoms with van der Waals surface area (Å²) in [6.07, 6.45) is -6.24. The lowest BCUT2D eigenvalue weighted by molar-refractivity contribution is -0.249. The molecule has 12 nitrogen and oxygen atoms in total. The molecule has 0 spiro atoms. The molecule has 0 aliphatic carbocycles. The molecule has 0 saturated carbocycles. The van der Waals surface area contributed by atoms with Crippen LogP contribution in [-0.4, -0.2) is 76.2 Å². The van der Waals surface area contributed by atoms with Crippen molar-refractivity contribution in [3.05, 3.63) is 36.9 Å². The summed E-state index contributed by atoms with van der Waals surface area (Å²) in [6.45, 7) is 4.45. The van der Waals surface area contributed by atoms with E-state index in [4.69, 9.17) is 14.0 Å². The maximum Gasteiger partial charge on any atom is 0.294 e. The Bertz CT molecular complexity index is 888. The molecule has 1 saturated heterocycles. The molecule has 1 aliphatic rings. The number of ether oxygens (including phenoxy) is 2. The highest BCUT2D eigenvalue weighted by Crippen LogP contribution is 2.28. The van der Waals surface area contributed by atoms with Crippen molar-refractivity contribution in [3.8, 4) is 5.75 Å². The fourth-order valence-electron chi connectivity index (χ4n) is 2.73. The van der Waals surface area contributed by atoms with Gasteiger partial charge in [0, 0.05) is 12.6 Å². The number of benzene rings is 1. The molecule has 6 atom stereocenters. The molecule has 2 rings (SSSR count). The van der Waals surface area contributed by atoms with E-state index in [0.29, 0.717) is 5.69 Å². The highest BCUT2D eigenvalue weighted by molar-refractivity contribution is 7.86. The first-order valence-electron chi connectivity index (χ1n) is 8.57. The van der Waals surface area contributed by atoms with Crippen molar-refractivity contribution in [1.29, 1.82) is 0 Å². The van der Waals surface area contributed by atoms with Gasteiger partial charge in [-0.3, -0.25) is 14.1 Å². The number of carbonyl (C=O) groups is 2. The van der Waals surface area contributed by atoms with Gasteiger partial charge in [-0.15, -0.1) is 0 Å². The molecular weight excluding hydrogens is 424 g/mol. The minimum Gasteiger partial charge on any atom is -0.463 e. The molecule has 13 heteroatoms. The van der Waals surface area contributed by atoms with Crippen LogP contribution in [0.4, 0.5) is 5.69 Å². The van der Waals surface area contributed by atoms with Gasteiger partial charge in [0.05, 0.1) is 0 Å². The van der Waals surface area contributed by atoms with E-state index in [1.54, 1.807) is 0 Å². The largest absolute Gasteiger partial charge is 0.463 e. The zero-order valence-corrected chi connectivity index (χ0v) is 16.5. The van der Waals surface area contributed by atoms with Crippen LogP contribution in [0.25, 0.3) is 0 Å². The van der Waals surface area contributed by atoms with Gasteiger partial charge in [-0.25, -0.2) is 0 Å². The fourth-order valence-corrected chi connectivity index (χ4v) is 3.29. The molecule has 0 bridgehead atoms. The number of hydrogen-bond donors (Lipinski definition) is 6. The van der Waals surface area contributed by atoms with Crippen LogP contribution in [0.5, 0.6) is 5.75 Å². The standard InChI is InChI=1S/C17H22N2O10S/c1-3-11(21)19-9-4-6-10(7-5-9)28-17-12(18-8(2)20)13(22)14(23)15(29-17)16(24)30(25,26)27/h3-7,12-17,22-24H,1H2,2H3,(H,18,20)(H,19,21)(H,25,26,27)/t12-,13-,14+,15+,16?,17-/m1/s1. The molecular formula is C17H22N2O10S.